The van der Waals surface area contributed by atoms with Crippen molar-refractivity contribution >= 4 is 11.7 Å². The Balaban J connectivity index is 2.65. The number of amides is 2. The molecule has 5 nitrogen and oxygen atoms in total. The molecule has 22 heavy (non-hydrogen) atoms. The van der Waals surface area contributed by atoms with Gasteiger partial charge in [-0.3, -0.25) is 0 Å². The first-order chi connectivity index (χ1) is 10.3. The van der Waals surface area contributed by atoms with Crippen molar-refractivity contribution in [1.29, 1.82) is 0 Å². The number of hydrogen-bond acceptors (Lipinski definition) is 3. The Morgan fingerprint density at radius 3 is 2.64 bits per heavy atom. The lowest BCUT2D eigenvalue weighted by Gasteiger charge is -2.16. The number of urea groups is 1. The Labute approximate surface area is 126 Å². The highest BCUT2D eigenvalue weighted by Crippen LogP contribution is 2.25. The van der Waals surface area contributed by atoms with Crippen LogP contribution in [0.4, 0.5) is 23.7 Å². The summed E-state index contributed by atoms with van der Waals surface area (Å²) in [6.45, 7) is 2.70. The molecule has 1 aromatic carbocycles. The van der Waals surface area contributed by atoms with E-state index in [0.29, 0.717) is 0 Å². The van der Waals surface area contributed by atoms with Gasteiger partial charge in [-0.15, -0.1) is 0 Å². The zero-order valence-electron chi connectivity index (χ0n) is 12.3. The van der Waals surface area contributed by atoms with E-state index in [4.69, 9.17) is 4.74 Å². The predicted molar refractivity (Wildman–Crippen MR) is 75.8 cm³/mol. The predicted octanol–water partition coefficient (Wildman–Crippen LogP) is 2.61. The van der Waals surface area contributed by atoms with Gasteiger partial charge in [0.25, 0.3) is 6.43 Å². The fourth-order valence-corrected chi connectivity index (χ4v) is 1.47. The van der Waals surface area contributed by atoms with Crippen LogP contribution < -0.4 is 15.4 Å². The molecule has 0 aliphatic heterocycles. The Morgan fingerprint density at radius 2 is 2.05 bits per heavy atom. The van der Waals surface area contributed by atoms with Crippen LogP contribution >= 0.6 is 0 Å². The number of carbonyl (C=O) groups excluding carboxylic acids is 1. The quantitative estimate of drug-likeness (QED) is 0.723. The minimum Gasteiger partial charge on any atom is -0.485 e. The molecule has 1 rings (SSSR count). The molecule has 2 amide bonds. The molecule has 0 spiro atoms. The minimum atomic E-state index is -2.72. The van der Waals surface area contributed by atoms with Gasteiger partial charge in [0.15, 0.2) is 0 Å². The fourth-order valence-electron chi connectivity index (χ4n) is 1.47. The zero-order chi connectivity index (χ0) is 16.7. The van der Waals surface area contributed by atoms with Crippen molar-refractivity contribution < 1.29 is 27.8 Å². The third kappa shape index (κ3) is 6.21. The number of carbonyl (C=O) groups is 1. The van der Waals surface area contributed by atoms with E-state index >= 15 is 0 Å². The van der Waals surface area contributed by atoms with Crippen molar-refractivity contribution in [3.63, 3.8) is 0 Å². The SMILES string of the molecule is CC(C)C(O)CNC(=O)Nc1ccc(F)cc1OCC(F)F. The number of alkyl halides is 2. The third-order valence-electron chi connectivity index (χ3n) is 2.80. The Kier molecular flexibility index (Phi) is 6.97. The first kappa shape index (κ1) is 18.1. The Bertz CT molecular complexity index is 498. The van der Waals surface area contributed by atoms with Gasteiger partial charge in [0.1, 0.15) is 18.2 Å². The summed E-state index contributed by atoms with van der Waals surface area (Å²) in [5.74, 6) is -0.902. The molecule has 0 radical (unpaired) electrons. The van der Waals surface area contributed by atoms with Gasteiger partial charge in [-0.2, -0.15) is 0 Å². The summed E-state index contributed by atoms with van der Waals surface area (Å²) in [6, 6.07) is 2.51. The van der Waals surface area contributed by atoms with Crippen LogP contribution in [-0.4, -0.2) is 36.8 Å². The van der Waals surface area contributed by atoms with Crippen LogP contribution in [0.1, 0.15) is 13.8 Å². The standard InChI is InChI=1S/C14H19F3N2O3/c1-8(2)11(20)6-18-14(21)19-10-4-3-9(15)5-12(10)22-7-13(16)17/h3-5,8,11,13,20H,6-7H2,1-2H3,(H2,18,19,21). The smallest absolute Gasteiger partial charge is 0.319 e. The average molecular weight is 320 g/mol. The topological polar surface area (TPSA) is 70.6 Å². The van der Waals surface area contributed by atoms with Gasteiger partial charge in [-0.05, 0) is 18.1 Å². The number of rotatable bonds is 7. The van der Waals surface area contributed by atoms with Gasteiger partial charge in [-0.1, -0.05) is 13.8 Å². The molecule has 1 unspecified atom stereocenters. The lowest BCUT2D eigenvalue weighted by Crippen LogP contribution is -2.37. The highest BCUT2D eigenvalue weighted by atomic mass is 19.3. The van der Waals surface area contributed by atoms with Crippen molar-refractivity contribution in [3.05, 3.63) is 24.0 Å². The molecule has 8 heteroatoms. The molecule has 0 aliphatic carbocycles. The summed E-state index contributed by atoms with van der Waals surface area (Å²) in [7, 11) is 0. The van der Waals surface area contributed by atoms with Crippen LogP contribution in [0.3, 0.4) is 0 Å². The molecule has 0 bridgehead atoms. The van der Waals surface area contributed by atoms with E-state index in [2.05, 4.69) is 10.6 Å². The van der Waals surface area contributed by atoms with Crippen LogP contribution in [0.2, 0.25) is 0 Å². The number of halogens is 3. The molecular weight excluding hydrogens is 301 g/mol. The van der Waals surface area contributed by atoms with E-state index in [-0.39, 0.29) is 23.9 Å². The van der Waals surface area contributed by atoms with E-state index in [1.54, 1.807) is 13.8 Å². The molecule has 0 aliphatic rings. The van der Waals surface area contributed by atoms with Crippen LogP contribution in [-0.2, 0) is 0 Å². The maximum absolute atomic E-state index is 13.1. The lowest BCUT2D eigenvalue weighted by atomic mass is 10.1. The summed E-state index contributed by atoms with van der Waals surface area (Å²) < 4.78 is 42.2. The van der Waals surface area contributed by atoms with Gasteiger partial charge in [0, 0.05) is 12.6 Å². The van der Waals surface area contributed by atoms with Gasteiger partial charge in [0.05, 0.1) is 11.8 Å². The molecular formula is C14H19F3N2O3. The number of ether oxygens (including phenoxy) is 1. The second-order valence-corrected chi connectivity index (χ2v) is 4.99. The second-order valence-electron chi connectivity index (χ2n) is 4.99. The number of aliphatic hydroxyl groups excluding tert-OH is 1. The fraction of sp³-hybridized carbons (Fsp3) is 0.500. The van der Waals surface area contributed by atoms with Crippen LogP contribution in [0.15, 0.2) is 18.2 Å². The van der Waals surface area contributed by atoms with Gasteiger partial charge >= 0.3 is 6.03 Å². The molecule has 0 aromatic heterocycles. The van der Waals surface area contributed by atoms with Crippen molar-refractivity contribution in [2.75, 3.05) is 18.5 Å². The number of hydrogen-bond donors (Lipinski definition) is 3. The summed E-state index contributed by atoms with van der Waals surface area (Å²) in [6.07, 6.45) is -3.43. The average Bonchev–Trinajstić information content (AvgIpc) is 2.44. The molecule has 1 aromatic rings. The molecule has 0 saturated carbocycles. The summed E-state index contributed by atoms with van der Waals surface area (Å²) in [4.78, 5) is 11.7. The highest BCUT2D eigenvalue weighted by molar-refractivity contribution is 5.90. The van der Waals surface area contributed by atoms with E-state index in [1.807, 2.05) is 0 Å². The van der Waals surface area contributed by atoms with Crippen LogP contribution in [0.25, 0.3) is 0 Å². The molecule has 3 N–H and O–H groups in total. The molecule has 0 heterocycles. The lowest BCUT2D eigenvalue weighted by molar-refractivity contribution is 0.0821. The van der Waals surface area contributed by atoms with Crippen molar-refractivity contribution in [2.24, 2.45) is 5.92 Å². The van der Waals surface area contributed by atoms with Crippen molar-refractivity contribution in [1.82, 2.24) is 5.32 Å². The highest BCUT2D eigenvalue weighted by Gasteiger charge is 2.14. The maximum atomic E-state index is 13.1. The van der Waals surface area contributed by atoms with Gasteiger partial charge in [-0.25, -0.2) is 18.0 Å². The number of benzene rings is 1. The maximum Gasteiger partial charge on any atom is 0.319 e. The molecule has 0 fully saturated rings. The first-order valence-electron chi connectivity index (χ1n) is 6.73. The van der Waals surface area contributed by atoms with E-state index in [1.165, 1.54) is 6.07 Å². The van der Waals surface area contributed by atoms with Gasteiger partial charge in [0.2, 0.25) is 0 Å². The van der Waals surface area contributed by atoms with Crippen molar-refractivity contribution in [3.8, 4) is 5.75 Å². The third-order valence-corrected chi connectivity index (χ3v) is 2.80. The minimum absolute atomic E-state index is 0.0257. The normalized spacial score (nSPS) is 12.4. The first-order valence-corrected chi connectivity index (χ1v) is 6.73. The van der Waals surface area contributed by atoms with Gasteiger partial charge < -0.3 is 20.5 Å². The summed E-state index contributed by atoms with van der Waals surface area (Å²) >= 11 is 0. The Morgan fingerprint density at radius 1 is 1.36 bits per heavy atom. The number of nitrogens with one attached hydrogen (secondary N) is 2. The summed E-state index contributed by atoms with van der Waals surface area (Å²) in [5, 5.41) is 14.4. The van der Waals surface area contributed by atoms with Crippen molar-refractivity contribution in [2.45, 2.75) is 26.4 Å². The van der Waals surface area contributed by atoms with E-state index in [9.17, 15) is 23.1 Å². The summed E-state index contributed by atoms with van der Waals surface area (Å²) in [5.41, 5.74) is 0.0542. The molecule has 1 atom stereocenters. The Hall–Kier alpha value is -1.96. The monoisotopic (exact) mass is 320 g/mol. The largest absolute Gasteiger partial charge is 0.485 e. The van der Waals surface area contributed by atoms with Crippen LogP contribution in [0.5, 0.6) is 5.75 Å². The van der Waals surface area contributed by atoms with E-state index in [0.717, 1.165) is 12.1 Å². The molecule has 0 saturated heterocycles. The number of aliphatic hydroxyl groups is 1. The van der Waals surface area contributed by atoms with E-state index < -0.39 is 31.0 Å². The van der Waals surface area contributed by atoms with Crippen LogP contribution in [0, 0.1) is 11.7 Å². The molecule has 124 valence electrons. The zero-order valence-corrected chi connectivity index (χ0v) is 12.3. The number of anilines is 1. The second kappa shape index (κ2) is 8.47.